The van der Waals surface area contributed by atoms with Crippen LogP contribution in [-0.4, -0.2) is 54.6 Å². The highest BCUT2D eigenvalue weighted by Gasteiger charge is 2.26. The summed E-state index contributed by atoms with van der Waals surface area (Å²) in [6, 6.07) is 2.67. The second kappa shape index (κ2) is 7.66. The van der Waals surface area contributed by atoms with E-state index in [1.165, 1.54) is 17.0 Å². The van der Waals surface area contributed by atoms with Crippen LogP contribution in [0.4, 0.5) is 9.18 Å². The quantitative estimate of drug-likeness (QED) is 0.770. The summed E-state index contributed by atoms with van der Waals surface area (Å²) in [5.74, 6) is -0.856. The third-order valence-electron chi connectivity index (χ3n) is 3.88. The van der Waals surface area contributed by atoms with Gasteiger partial charge in [-0.05, 0) is 44.9 Å². The molecule has 1 aliphatic heterocycles. The van der Waals surface area contributed by atoms with Crippen LogP contribution in [0.5, 0.6) is 0 Å². The Labute approximate surface area is 158 Å². The Hall–Kier alpha value is -2.08. The summed E-state index contributed by atoms with van der Waals surface area (Å²) in [6.07, 6.45) is 1.83. The number of benzene rings is 1. The predicted molar refractivity (Wildman–Crippen MR) is 99.8 cm³/mol. The first-order valence-corrected chi connectivity index (χ1v) is 8.75. The highest BCUT2D eigenvalue weighted by atomic mass is 35.5. The van der Waals surface area contributed by atoms with Crippen molar-refractivity contribution in [3.63, 3.8) is 0 Å². The summed E-state index contributed by atoms with van der Waals surface area (Å²) >= 11 is 6.25. The molecule has 142 valence electrons. The minimum absolute atomic E-state index is 0.187. The van der Waals surface area contributed by atoms with E-state index in [2.05, 4.69) is 0 Å². The number of amides is 2. The molecule has 1 heterocycles. The van der Waals surface area contributed by atoms with Crippen LogP contribution in [0.25, 0.3) is 5.57 Å². The van der Waals surface area contributed by atoms with E-state index < -0.39 is 17.5 Å². The van der Waals surface area contributed by atoms with E-state index >= 15 is 0 Å². The van der Waals surface area contributed by atoms with E-state index in [1.54, 1.807) is 25.1 Å². The van der Waals surface area contributed by atoms with E-state index in [0.29, 0.717) is 19.5 Å². The molecule has 0 spiro atoms. The molecule has 0 saturated heterocycles. The van der Waals surface area contributed by atoms with Crippen LogP contribution >= 0.6 is 11.6 Å². The lowest BCUT2D eigenvalue weighted by Crippen LogP contribution is -2.39. The zero-order valence-corrected chi connectivity index (χ0v) is 16.5. The number of rotatable bonds is 2. The number of hydrogen-bond acceptors (Lipinski definition) is 3. The molecule has 0 N–H and O–H groups in total. The largest absolute Gasteiger partial charge is 0.444 e. The average molecular weight is 383 g/mol. The molecule has 1 aromatic carbocycles. The molecule has 0 saturated carbocycles. The monoisotopic (exact) mass is 382 g/mol. The van der Waals surface area contributed by atoms with Crippen molar-refractivity contribution in [2.75, 3.05) is 27.2 Å². The lowest BCUT2D eigenvalue weighted by molar-refractivity contribution is 0.0270. The van der Waals surface area contributed by atoms with Gasteiger partial charge in [-0.15, -0.1) is 0 Å². The molecule has 7 heteroatoms. The molecule has 0 aromatic heterocycles. The Morgan fingerprint density at radius 2 is 1.92 bits per heavy atom. The second-order valence-corrected chi connectivity index (χ2v) is 7.83. The molecule has 2 rings (SSSR count). The predicted octanol–water partition coefficient (Wildman–Crippen LogP) is 4.21. The van der Waals surface area contributed by atoms with Crippen molar-refractivity contribution in [3.05, 3.63) is 40.2 Å². The van der Waals surface area contributed by atoms with Crippen molar-refractivity contribution >= 4 is 29.2 Å². The van der Waals surface area contributed by atoms with Crippen LogP contribution in [-0.2, 0) is 4.74 Å². The van der Waals surface area contributed by atoms with Gasteiger partial charge in [0.2, 0.25) is 0 Å². The summed E-state index contributed by atoms with van der Waals surface area (Å²) in [6.45, 7) is 6.15. The van der Waals surface area contributed by atoms with Gasteiger partial charge in [-0.3, -0.25) is 4.79 Å². The molecule has 2 amide bonds. The Balaban J connectivity index is 2.20. The molecule has 5 nitrogen and oxygen atoms in total. The molecule has 0 unspecified atom stereocenters. The standard InChI is InChI=1S/C19H24ClFN2O3/c1-19(2,3)26-18(25)23-8-6-12(7-9-23)16-14(20)10-13(11-15(16)21)17(24)22(4)5/h6,10-11H,7-9H2,1-5H3. The van der Waals surface area contributed by atoms with Gasteiger partial charge in [0.25, 0.3) is 5.91 Å². The average Bonchev–Trinajstić information content (AvgIpc) is 2.52. The first-order valence-electron chi connectivity index (χ1n) is 8.37. The summed E-state index contributed by atoms with van der Waals surface area (Å²) in [5.41, 5.74) is 0.640. The van der Waals surface area contributed by atoms with Gasteiger partial charge in [0.15, 0.2) is 0 Å². The van der Waals surface area contributed by atoms with Crippen LogP contribution in [0.3, 0.4) is 0 Å². The smallest absolute Gasteiger partial charge is 0.410 e. The first kappa shape index (κ1) is 20.2. The van der Waals surface area contributed by atoms with E-state index in [-0.39, 0.29) is 22.1 Å². The van der Waals surface area contributed by atoms with Gasteiger partial charge in [-0.1, -0.05) is 17.7 Å². The normalized spacial score (nSPS) is 14.7. The molecule has 0 bridgehead atoms. The molecule has 1 aliphatic rings. The van der Waals surface area contributed by atoms with Crippen LogP contribution in [0.1, 0.15) is 43.1 Å². The van der Waals surface area contributed by atoms with Gasteiger partial charge in [-0.25, -0.2) is 9.18 Å². The van der Waals surface area contributed by atoms with Crippen LogP contribution in [0.15, 0.2) is 18.2 Å². The number of hydrogen-bond donors (Lipinski definition) is 0. The molecule has 26 heavy (non-hydrogen) atoms. The fourth-order valence-corrected chi connectivity index (χ4v) is 2.98. The maximum Gasteiger partial charge on any atom is 0.410 e. The molecular formula is C19H24ClFN2O3. The van der Waals surface area contributed by atoms with E-state index in [4.69, 9.17) is 16.3 Å². The fourth-order valence-electron chi connectivity index (χ4n) is 2.65. The number of halogens is 2. The Bertz CT molecular complexity index is 731. The van der Waals surface area contributed by atoms with Gasteiger partial charge in [0.05, 0.1) is 5.02 Å². The van der Waals surface area contributed by atoms with Crippen molar-refractivity contribution in [1.82, 2.24) is 9.80 Å². The van der Waals surface area contributed by atoms with Gasteiger partial charge in [0.1, 0.15) is 11.4 Å². The summed E-state index contributed by atoms with van der Waals surface area (Å²) < 4.78 is 19.9. The van der Waals surface area contributed by atoms with Crippen molar-refractivity contribution in [1.29, 1.82) is 0 Å². The third kappa shape index (κ3) is 4.75. The molecule has 1 aromatic rings. The topological polar surface area (TPSA) is 49.9 Å². The maximum atomic E-state index is 14.6. The van der Waals surface area contributed by atoms with Crippen molar-refractivity contribution in [2.24, 2.45) is 0 Å². The Morgan fingerprint density at radius 3 is 2.38 bits per heavy atom. The molecule has 0 aliphatic carbocycles. The Kier molecular flexibility index (Phi) is 5.96. The molecular weight excluding hydrogens is 359 g/mol. The Morgan fingerprint density at radius 1 is 1.27 bits per heavy atom. The lowest BCUT2D eigenvalue weighted by atomic mass is 9.97. The van der Waals surface area contributed by atoms with Crippen molar-refractivity contribution in [2.45, 2.75) is 32.8 Å². The number of nitrogens with zero attached hydrogens (tertiary/aromatic N) is 2. The zero-order valence-electron chi connectivity index (χ0n) is 15.7. The lowest BCUT2D eigenvalue weighted by Gasteiger charge is -2.30. The molecule has 0 atom stereocenters. The van der Waals surface area contributed by atoms with Crippen LogP contribution in [0, 0.1) is 5.82 Å². The number of carbonyl (C=O) groups is 2. The van der Waals surface area contributed by atoms with Gasteiger partial charge in [-0.2, -0.15) is 0 Å². The van der Waals surface area contributed by atoms with Gasteiger partial charge in [0, 0.05) is 38.3 Å². The minimum Gasteiger partial charge on any atom is -0.444 e. The highest BCUT2D eigenvalue weighted by molar-refractivity contribution is 6.32. The zero-order chi connectivity index (χ0) is 19.6. The highest BCUT2D eigenvalue weighted by Crippen LogP contribution is 2.32. The first-order chi connectivity index (χ1) is 12.0. The number of carbonyl (C=O) groups excluding carboxylic acids is 2. The maximum absolute atomic E-state index is 14.6. The van der Waals surface area contributed by atoms with E-state index in [0.717, 1.165) is 5.57 Å². The number of ether oxygens (including phenoxy) is 1. The van der Waals surface area contributed by atoms with Crippen LogP contribution in [0.2, 0.25) is 5.02 Å². The van der Waals surface area contributed by atoms with Gasteiger partial charge >= 0.3 is 6.09 Å². The summed E-state index contributed by atoms with van der Waals surface area (Å²) in [4.78, 5) is 27.0. The fraction of sp³-hybridized carbons (Fsp3) is 0.474. The minimum atomic E-state index is -0.564. The molecule has 0 radical (unpaired) electrons. The van der Waals surface area contributed by atoms with Crippen molar-refractivity contribution in [3.8, 4) is 0 Å². The van der Waals surface area contributed by atoms with Crippen LogP contribution < -0.4 is 0 Å². The molecule has 0 fully saturated rings. The third-order valence-corrected chi connectivity index (χ3v) is 4.18. The van der Waals surface area contributed by atoms with Crippen molar-refractivity contribution < 1.29 is 18.7 Å². The van der Waals surface area contributed by atoms with E-state index in [9.17, 15) is 14.0 Å². The van der Waals surface area contributed by atoms with E-state index in [1.807, 2.05) is 20.8 Å². The summed E-state index contributed by atoms with van der Waals surface area (Å²) in [7, 11) is 3.19. The second-order valence-electron chi connectivity index (χ2n) is 7.42. The summed E-state index contributed by atoms with van der Waals surface area (Å²) in [5, 5.41) is 0.187. The van der Waals surface area contributed by atoms with Gasteiger partial charge < -0.3 is 14.5 Å². The SMILES string of the molecule is CN(C)C(=O)c1cc(F)c(C2=CCN(C(=O)OC(C)(C)C)CC2)c(Cl)c1.